The van der Waals surface area contributed by atoms with Crippen molar-refractivity contribution >= 4 is 17.7 Å². The van der Waals surface area contributed by atoms with Crippen molar-refractivity contribution in [3.05, 3.63) is 77.7 Å². The number of anilines is 1. The standard InChI is InChI=1S/C24H24FN3O5/c1-24(2,3)28-23(30)33-19-13-16(11-12-27-19)32-18-10-9-17(21(26)20(18)25)22(29)31-14-15-7-5-4-6-8-15/h4-13H,14,26H2,1-3H3,(H,28,30). The largest absolute Gasteiger partial charge is 0.457 e. The van der Waals surface area contributed by atoms with E-state index in [1.165, 1.54) is 30.5 Å². The highest BCUT2D eigenvalue weighted by Gasteiger charge is 2.20. The number of carbonyl (C=O) groups excluding carboxylic acids is 2. The lowest BCUT2D eigenvalue weighted by Gasteiger charge is -2.19. The SMILES string of the molecule is CC(C)(C)NC(=O)Oc1cc(Oc2ccc(C(=O)OCc3ccccc3)c(N)c2F)ccn1. The molecule has 0 radical (unpaired) electrons. The molecule has 1 aromatic heterocycles. The maximum atomic E-state index is 14.8. The zero-order valence-corrected chi connectivity index (χ0v) is 18.4. The van der Waals surface area contributed by atoms with Crippen LogP contribution in [0.2, 0.25) is 0 Å². The lowest BCUT2D eigenvalue weighted by Crippen LogP contribution is -2.42. The van der Waals surface area contributed by atoms with Crippen LogP contribution in [0, 0.1) is 5.82 Å². The van der Waals surface area contributed by atoms with E-state index in [9.17, 15) is 14.0 Å². The molecule has 172 valence electrons. The molecule has 0 aliphatic heterocycles. The van der Waals surface area contributed by atoms with Crippen molar-refractivity contribution in [3.8, 4) is 17.4 Å². The monoisotopic (exact) mass is 453 g/mol. The van der Waals surface area contributed by atoms with Crippen LogP contribution in [0.25, 0.3) is 0 Å². The van der Waals surface area contributed by atoms with Crippen LogP contribution in [0.4, 0.5) is 14.9 Å². The highest BCUT2D eigenvalue weighted by atomic mass is 19.1. The summed E-state index contributed by atoms with van der Waals surface area (Å²) < 4.78 is 30.6. The lowest BCUT2D eigenvalue weighted by atomic mass is 10.1. The summed E-state index contributed by atoms with van der Waals surface area (Å²) >= 11 is 0. The van der Waals surface area contributed by atoms with Gasteiger partial charge >= 0.3 is 12.1 Å². The van der Waals surface area contributed by atoms with Gasteiger partial charge in [0.25, 0.3) is 0 Å². The summed E-state index contributed by atoms with van der Waals surface area (Å²) in [6, 6.07) is 14.4. The molecular weight excluding hydrogens is 429 g/mol. The van der Waals surface area contributed by atoms with Crippen molar-refractivity contribution in [2.45, 2.75) is 32.9 Å². The molecule has 0 aliphatic carbocycles. The Morgan fingerprint density at radius 1 is 1.09 bits per heavy atom. The molecule has 8 nitrogen and oxygen atoms in total. The van der Waals surface area contributed by atoms with Gasteiger partial charge in [0, 0.05) is 17.8 Å². The average Bonchev–Trinajstić information content (AvgIpc) is 2.75. The van der Waals surface area contributed by atoms with Crippen LogP contribution in [-0.4, -0.2) is 22.6 Å². The first-order valence-corrected chi connectivity index (χ1v) is 10.1. The number of carbonyl (C=O) groups is 2. The van der Waals surface area contributed by atoms with Crippen LogP contribution in [0.1, 0.15) is 36.7 Å². The fraction of sp³-hybridized carbons (Fsp3) is 0.208. The molecule has 0 unspecified atom stereocenters. The minimum Gasteiger partial charge on any atom is -0.457 e. The topological polar surface area (TPSA) is 113 Å². The molecule has 0 fully saturated rings. The number of nitrogens with two attached hydrogens (primary N) is 1. The molecule has 1 heterocycles. The van der Waals surface area contributed by atoms with Crippen LogP contribution in [0.5, 0.6) is 17.4 Å². The number of hydrogen-bond acceptors (Lipinski definition) is 7. The van der Waals surface area contributed by atoms with E-state index in [-0.39, 0.29) is 29.5 Å². The van der Waals surface area contributed by atoms with Crippen molar-refractivity contribution in [2.24, 2.45) is 0 Å². The number of rotatable bonds is 6. The van der Waals surface area contributed by atoms with Crippen LogP contribution >= 0.6 is 0 Å². The third-order valence-corrected chi connectivity index (χ3v) is 4.19. The number of pyridine rings is 1. The first kappa shape index (κ1) is 23.5. The van der Waals surface area contributed by atoms with E-state index in [1.807, 2.05) is 18.2 Å². The number of esters is 1. The van der Waals surface area contributed by atoms with Gasteiger partial charge in [-0.3, -0.25) is 0 Å². The van der Waals surface area contributed by atoms with E-state index in [4.69, 9.17) is 19.9 Å². The normalized spacial score (nSPS) is 10.9. The molecule has 0 saturated carbocycles. The third kappa shape index (κ3) is 6.67. The van der Waals surface area contributed by atoms with Crippen molar-refractivity contribution in [1.82, 2.24) is 10.3 Å². The van der Waals surface area contributed by atoms with Crippen molar-refractivity contribution < 1.29 is 28.2 Å². The molecule has 9 heteroatoms. The zero-order chi connectivity index (χ0) is 24.0. The Kier molecular flexibility index (Phi) is 7.12. The highest BCUT2D eigenvalue weighted by Crippen LogP contribution is 2.31. The maximum absolute atomic E-state index is 14.8. The second-order valence-electron chi connectivity index (χ2n) is 8.10. The smallest absolute Gasteiger partial charge is 0.414 e. The maximum Gasteiger partial charge on any atom is 0.414 e. The number of nitrogens with zero attached hydrogens (tertiary/aromatic N) is 1. The summed E-state index contributed by atoms with van der Waals surface area (Å²) in [6.45, 7) is 5.43. The number of halogens is 1. The summed E-state index contributed by atoms with van der Waals surface area (Å²) in [6.07, 6.45) is 0.645. The number of nitrogen functional groups attached to an aromatic ring is 1. The van der Waals surface area contributed by atoms with Gasteiger partial charge in [-0.25, -0.2) is 19.0 Å². The Hall–Kier alpha value is -4.14. The molecular formula is C24H24FN3O5. The summed E-state index contributed by atoms with van der Waals surface area (Å²) in [4.78, 5) is 28.2. The molecule has 3 rings (SSSR count). The molecule has 0 saturated heterocycles. The van der Waals surface area contributed by atoms with E-state index in [0.29, 0.717) is 0 Å². The van der Waals surface area contributed by atoms with Crippen LogP contribution in [0.15, 0.2) is 60.8 Å². The molecule has 0 spiro atoms. The number of hydrogen-bond donors (Lipinski definition) is 2. The summed E-state index contributed by atoms with van der Waals surface area (Å²) in [5.74, 6) is -1.78. The molecule has 2 aromatic carbocycles. The second kappa shape index (κ2) is 9.99. The van der Waals surface area contributed by atoms with E-state index >= 15 is 0 Å². The van der Waals surface area contributed by atoms with Gasteiger partial charge in [-0.15, -0.1) is 0 Å². The minimum absolute atomic E-state index is 0.0293. The summed E-state index contributed by atoms with van der Waals surface area (Å²) in [7, 11) is 0. The van der Waals surface area contributed by atoms with Gasteiger partial charge in [-0.05, 0) is 44.5 Å². The quantitative estimate of drug-likeness (QED) is 0.406. The van der Waals surface area contributed by atoms with E-state index in [2.05, 4.69) is 10.3 Å². The number of nitrogens with one attached hydrogen (secondary N) is 1. The Labute approximate surface area is 190 Å². The average molecular weight is 453 g/mol. The Morgan fingerprint density at radius 3 is 2.52 bits per heavy atom. The Balaban J connectivity index is 1.69. The number of amides is 1. The molecule has 3 N–H and O–H groups in total. The number of aromatic nitrogens is 1. The highest BCUT2D eigenvalue weighted by molar-refractivity contribution is 5.95. The molecule has 3 aromatic rings. The fourth-order valence-corrected chi connectivity index (χ4v) is 2.69. The van der Waals surface area contributed by atoms with Gasteiger partial charge in [-0.2, -0.15) is 0 Å². The van der Waals surface area contributed by atoms with Crippen molar-refractivity contribution in [1.29, 1.82) is 0 Å². The molecule has 33 heavy (non-hydrogen) atoms. The first-order valence-electron chi connectivity index (χ1n) is 10.1. The zero-order valence-electron chi connectivity index (χ0n) is 18.4. The second-order valence-corrected chi connectivity index (χ2v) is 8.10. The number of ether oxygens (including phenoxy) is 3. The van der Waals surface area contributed by atoms with Crippen LogP contribution < -0.4 is 20.5 Å². The van der Waals surface area contributed by atoms with Crippen LogP contribution in [0.3, 0.4) is 0 Å². The molecule has 1 amide bonds. The number of benzene rings is 2. The minimum atomic E-state index is -0.922. The van der Waals surface area contributed by atoms with Crippen LogP contribution in [-0.2, 0) is 11.3 Å². The molecule has 0 bridgehead atoms. The fourth-order valence-electron chi connectivity index (χ4n) is 2.69. The predicted molar refractivity (Wildman–Crippen MR) is 120 cm³/mol. The third-order valence-electron chi connectivity index (χ3n) is 4.19. The van der Waals surface area contributed by atoms with Gasteiger partial charge in [0.1, 0.15) is 12.4 Å². The summed E-state index contributed by atoms with van der Waals surface area (Å²) in [5.41, 5.74) is 5.59. The van der Waals surface area contributed by atoms with E-state index < -0.39 is 29.1 Å². The lowest BCUT2D eigenvalue weighted by molar-refractivity contribution is 0.0473. The van der Waals surface area contributed by atoms with Crippen molar-refractivity contribution in [2.75, 3.05) is 5.73 Å². The molecule has 0 aliphatic rings. The van der Waals surface area contributed by atoms with Gasteiger partial charge in [0.2, 0.25) is 5.88 Å². The first-order chi connectivity index (χ1) is 15.6. The van der Waals surface area contributed by atoms with Gasteiger partial charge < -0.3 is 25.3 Å². The molecule has 0 atom stereocenters. The predicted octanol–water partition coefficient (Wildman–Crippen LogP) is 4.84. The van der Waals surface area contributed by atoms with Crippen molar-refractivity contribution in [3.63, 3.8) is 0 Å². The van der Waals surface area contributed by atoms with Gasteiger partial charge in [0.15, 0.2) is 11.6 Å². The summed E-state index contributed by atoms with van der Waals surface area (Å²) in [5, 5.41) is 2.63. The van der Waals surface area contributed by atoms with Gasteiger partial charge in [0.05, 0.1) is 11.3 Å². The Bertz CT molecular complexity index is 1150. The van der Waals surface area contributed by atoms with Gasteiger partial charge in [-0.1, -0.05) is 30.3 Å². The van der Waals surface area contributed by atoms with E-state index in [0.717, 1.165) is 5.56 Å². The van der Waals surface area contributed by atoms with E-state index in [1.54, 1.807) is 32.9 Å². The Morgan fingerprint density at radius 2 is 1.82 bits per heavy atom.